The molecule has 4 aromatic heterocycles. The van der Waals surface area contributed by atoms with Gasteiger partial charge in [0.15, 0.2) is 11.5 Å². The molecule has 13 nitrogen and oxygen atoms in total. The lowest BCUT2D eigenvalue weighted by Gasteiger charge is -2.15. The number of aromatic nitrogens is 8. The molecule has 218 valence electrons. The number of rotatable bonds is 10. The Kier molecular flexibility index (Phi) is 16.9. The summed E-state index contributed by atoms with van der Waals surface area (Å²) >= 11 is 1.44. The largest absolute Gasteiger partial charge is 0.480 e. The van der Waals surface area contributed by atoms with E-state index in [4.69, 9.17) is 14.2 Å². The normalized spacial score (nSPS) is 9.53. The van der Waals surface area contributed by atoms with Crippen molar-refractivity contribution in [1.29, 1.82) is 0 Å². The van der Waals surface area contributed by atoms with E-state index in [0.717, 1.165) is 11.3 Å². The van der Waals surface area contributed by atoms with Crippen molar-refractivity contribution in [3.63, 3.8) is 0 Å². The first-order valence-corrected chi connectivity index (χ1v) is 13.6. The quantitative estimate of drug-likeness (QED) is 0.209. The Balaban J connectivity index is 0.00000105. The summed E-state index contributed by atoms with van der Waals surface area (Å²) in [5.41, 5.74) is 2.07. The maximum Gasteiger partial charge on any atom is 0.245 e. The monoisotopic (exact) mass is 573 g/mol. The molecule has 4 heterocycles. The van der Waals surface area contributed by atoms with E-state index in [-0.39, 0.29) is 0 Å². The summed E-state index contributed by atoms with van der Waals surface area (Å²) < 4.78 is 25.2. The van der Waals surface area contributed by atoms with Gasteiger partial charge in [-0.1, -0.05) is 27.7 Å². The molecule has 0 radical (unpaired) electrons. The van der Waals surface area contributed by atoms with Gasteiger partial charge >= 0.3 is 0 Å². The Morgan fingerprint density at radius 3 is 2.02 bits per heavy atom. The van der Waals surface area contributed by atoms with E-state index < -0.39 is 0 Å². The minimum absolute atomic E-state index is 0.313. The highest BCUT2D eigenvalue weighted by molar-refractivity contribution is 8.00. The van der Waals surface area contributed by atoms with Crippen LogP contribution in [0.2, 0.25) is 0 Å². The topological polar surface area (TPSA) is 144 Å². The van der Waals surface area contributed by atoms with Crippen LogP contribution in [0, 0.1) is 0 Å². The highest BCUT2D eigenvalue weighted by Gasteiger charge is 2.24. The molecule has 0 aliphatic heterocycles. The molecule has 0 fully saturated rings. The van der Waals surface area contributed by atoms with Crippen LogP contribution in [0.5, 0.6) is 17.6 Å². The van der Waals surface area contributed by atoms with Crippen LogP contribution in [-0.4, -0.2) is 81.0 Å². The molecule has 0 atom stereocenters. The smallest absolute Gasteiger partial charge is 0.245 e. The average Bonchev–Trinajstić information content (AvgIpc) is 3.45. The third-order valence-corrected chi connectivity index (χ3v) is 5.20. The summed E-state index contributed by atoms with van der Waals surface area (Å²) in [6, 6.07) is 3.71. The number of methoxy groups -OCH3 is 4. The van der Waals surface area contributed by atoms with Crippen LogP contribution in [0.3, 0.4) is 0 Å². The van der Waals surface area contributed by atoms with Crippen LogP contribution >= 0.6 is 11.9 Å². The Morgan fingerprint density at radius 2 is 1.50 bits per heavy atom. The van der Waals surface area contributed by atoms with Gasteiger partial charge in [-0.15, -0.1) is 10.2 Å². The number of nitrogens with one attached hydrogen (secondary N) is 1. The third kappa shape index (κ3) is 9.61. The molecule has 0 aliphatic rings. The molecule has 0 unspecified atom stereocenters. The summed E-state index contributed by atoms with van der Waals surface area (Å²) in [5.74, 6) is 2.79. The van der Waals surface area contributed by atoms with E-state index in [1.165, 1.54) is 32.5 Å². The summed E-state index contributed by atoms with van der Waals surface area (Å²) in [6.45, 7) is 8.00. The van der Waals surface area contributed by atoms with E-state index in [2.05, 4.69) is 44.6 Å². The van der Waals surface area contributed by atoms with E-state index in [0.29, 0.717) is 47.3 Å². The van der Waals surface area contributed by atoms with Gasteiger partial charge in [0.2, 0.25) is 23.6 Å². The molecular weight excluding hydrogens is 534 g/mol. The number of hydrogen-bond acceptors (Lipinski definition) is 13. The van der Waals surface area contributed by atoms with Gasteiger partial charge in [0, 0.05) is 44.4 Å². The molecule has 0 saturated carbocycles. The molecule has 1 N–H and O–H groups in total. The predicted octanol–water partition coefficient (Wildman–Crippen LogP) is 4.55. The molecule has 0 bridgehead atoms. The fourth-order valence-electron chi connectivity index (χ4n) is 2.93. The fourth-order valence-corrected chi connectivity index (χ4v) is 3.60. The molecule has 40 heavy (non-hydrogen) atoms. The zero-order valence-electron chi connectivity index (χ0n) is 24.6. The van der Waals surface area contributed by atoms with Crippen LogP contribution < -0.4 is 18.9 Å². The van der Waals surface area contributed by atoms with Crippen molar-refractivity contribution in [2.24, 2.45) is 0 Å². The van der Waals surface area contributed by atoms with Gasteiger partial charge in [-0.2, -0.15) is 9.97 Å². The van der Waals surface area contributed by atoms with Crippen LogP contribution in [0.1, 0.15) is 33.4 Å². The second kappa shape index (κ2) is 19.9. The lowest BCUT2D eigenvalue weighted by Crippen LogP contribution is -2.09. The Morgan fingerprint density at radius 1 is 0.825 bits per heavy atom. The molecule has 0 aromatic carbocycles. The van der Waals surface area contributed by atoms with E-state index in [1.54, 1.807) is 50.7 Å². The molecule has 14 heteroatoms. The maximum absolute atomic E-state index is 5.48. The first-order chi connectivity index (χ1) is 19.7. The fraction of sp³-hybridized carbons (Fsp3) is 0.423. The van der Waals surface area contributed by atoms with Gasteiger partial charge in [0.05, 0.1) is 39.4 Å². The SMILES string of the molecule is CC.CC.COC.COc1cnc(CCSNc2nnc(-c3cccnc3)n2-c2c(OC)ncnc2OC)cn1. The van der Waals surface area contributed by atoms with Gasteiger partial charge < -0.3 is 18.9 Å². The second-order valence-corrected chi connectivity index (χ2v) is 7.73. The van der Waals surface area contributed by atoms with Crippen molar-refractivity contribution < 1.29 is 18.9 Å². The molecule has 0 saturated heterocycles. The predicted molar refractivity (Wildman–Crippen MR) is 157 cm³/mol. The van der Waals surface area contributed by atoms with Crippen LogP contribution in [0.4, 0.5) is 5.95 Å². The maximum atomic E-state index is 5.48. The van der Waals surface area contributed by atoms with Crippen molar-refractivity contribution in [1.82, 2.24) is 39.7 Å². The van der Waals surface area contributed by atoms with Crippen molar-refractivity contribution in [3.8, 4) is 34.7 Å². The van der Waals surface area contributed by atoms with Crippen LogP contribution in [-0.2, 0) is 11.2 Å². The van der Waals surface area contributed by atoms with E-state index in [1.807, 2.05) is 39.8 Å². The first-order valence-electron chi connectivity index (χ1n) is 12.6. The molecule has 0 amide bonds. The van der Waals surface area contributed by atoms with Crippen LogP contribution in [0.25, 0.3) is 17.1 Å². The van der Waals surface area contributed by atoms with Gasteiger partial charge in [-0.25, -0.2) is 4.98 Å². The molecular formula is C26H39N9O4S. The van der Waals surface area contributed by atoms with Gasteiger partial charge in [0.1, 0.15) is 6.33 Å². The number of aryl methyl sites for hydroxylation is 1. The van der Waals surface area contributed by atoms with Crippen molar-refractivity contribution in [2.45, 2.75) is 34.1 Å². The lowest BCUT2D eigenvalue weighted by atomic mass is 10.2. The average molecular weight is 574 g/mol. The number of hydrogen-bond donors (Lipinski definition) is 1. The molecule has 4 rings (SSSR count). The Bertz CT molecular complexity index is 1190. The second-order valence-electron chi connectivity index (χ2n) is 6.82. The summed E-state index contributed by atoms with van der Waals surface area (Å²) in [5, 5.41) is 8.69. The van der Waals surface area contributed by atoms with E-state index >= 15 is 0 Å². The number of nitrogens with zero attached hydrogens (tertiary/aromatic N) is 8. The summed E-state index contributed by atoms with van der Waals surface area (Å²) in [4.78, 5) is 21.1. The van der Waals surface area contributed by atoms with Gasteiger partial charge in [-0.05, 0) is 24.1 Å². The summed E-state index contributed by atoms with van der Waals surface area (Å²) in [6.07, 6.45) is 8.74. The van der Waals surface area contributed by atoms with Crippen LogP contribution in [0.15, 0.2) is 43.2 Å². The minimum Gasteiger partial charge on any atom is -0.480 e. The van der Waals surface area contributed by atoms with Crippen molar-refractivity contribution >= 4 is 17.9 Å². The zero-order valence-corrected chi connectivity index (χ0v) is 25.4. The molecule has 0 aliphatic carbocycles. The van der Waals surface area contributed by atoms with Crippen molar-refractivity contribution in [2.75, 3.05) is 46.0 Å². The number of anilines is 1. The Labute approximate surface area is 240 Å². The number of ether oxygens (including phenoxy) is 4. The minimum atomic E-state index is 0.313. The standard InChI is InChI=1S/C20H21N9O3S.C2H6O.2C2H6/c1-30-15-11-22-14(10-23-15)6-8-33-28-20-27-26-17(13-5-4-7-21-9-13)29(20)16-18(31-2)24-12-25-19(16)32-3;1-3-2;2*1-2/h4-5,7,9-12H,6,8H2,1-3H3,(H,27,28);1-2H3;2*1-2H3. The Hall–Kier alpha value is -4.04. The highest BCUT2D eigenvalue weighted by atomic mass is 32.2. The molecule has 4 aromatic rings. The third-order valence-electron chi connectivity index (χ3n) is 4.46. The first kappa shape index (κ1) is 34.0. The molecule has 0 spiro atoms. The van der Waals surface area contributed by atoms with Crippen molar-refractivity contribution in [3.05, 3.63) is 48.9 Å². The van der Waals surface area contributed by atoms with Gasteiger partial charge in [0.25, 0.3) is 0 Å². The summed E-state index contributed by atoms with van der Waals surface area (Å²) in [7, 11) is 7.86. The van der Waals surface area contributed by atoms with Gasteiger partial charge in [-0.3, -0.25) is 19.3 Å². The zero-order chi connectivity index (χ0) is 29.8. The number of pyridine rings is 1. The van der Waals surface area contributed by atoms with E-state index in [9.17, 15) is 0 Å². The highest BCUT2D eigenvalue weighted by Crippen LogP contribution is 2.35. The lowest BCUT2D eigenvalue weighted by molar-refractivity contribution is 0.277.